The molecule has 2 N–H and O–H groups in total. The topological polar surface area (TPSA) is 84.2 Å². The number of piperidine rings is 1. The molecule has 8 heteroatoms. The first-order valence-electron chi connectivity index (χ1n) is 11.7. The number of fused-ring (bicyclic) bond motifs is 2. The number of carbonyl (C=O) groups excluding carboxylic acids is 1. The smallest absolute Gasteiger partial charge is 0.287 e. The van der Waals surface area contributed by atoms with E-state index < -0.39 is 5.60 Å². The van der Waals surface area contributed by atoms with Gasteiger partial charge in [0.1, 0.15) is 5.58 Å². The Balaban J connectivity index is 1.11. The molecule has 1 fully saturated rings. The van der Waals surface area contributed by atoms with E-state index in [9.17, 15) is 9.90 Å². The Morgan fingerprint density at radius 2 is 1.91 bits per heavy atom. The molecule has 0 aliphatic carbocycles. The minimum Gasteiger partial charge on any atom is -0.454 e. The van der Waals surface area contributed by atoms with Gasteiger partial charge in [0.2, 0.25) is 6.79 Å². The van der Waals surface area contributed by atoms with Crippen LogP contribution >= 0.6 is 11.3 Å². The lowest BCUT2D eigenvalue weighted by atomic mass is 9.84. The third-order valence-electron chi connectivity index (χ3n) is 6.81. The van der Waals surface area contributed by atoms with Gasteiger partial charge in [-0.15, -0.1) is 11.3 Å². The van der Waals surface area contributed by atoms with E-state index in [0.717, 1.165) is 36.1 Å². The number of amides is 1. The van der Waals surface area contributed by atoms with Crippen LogP contribution in [0.5, 0.6) is 11.5 Å². The number of furan rings is 1. The quantitative estimate of drug-likeness (QED) is 0.410. The number of likely N-dealkylation sites (tertiary alicyclic amines) is 1. The zero-order valence-corrected chi connectivity index (χ0v) is 20.0. The molecule has 0 spiro atoms. The highest BCUT2D eigenvalue weighted by Gasteiger charge is 2.34. The fraction of sp³-hybridized carbons (Fsp3) is 0.296. The van der Waals surface area contributed by atoms with Crippen molar-refractivity contribution in [2.45, 2.75) is 31.5 Å². The van der Waals surface area contributed by atoms with Crippen LogP contribution < -0.4 is 14.8 Å². The van der Waals surface area contributed by atoms with Crippen molar-refractivity contribution in [3.63, 3.8) is 0 Å². The molecule has 7 nitrogen and oxygen atoms in total. The van der Waals surface area contributed by atoms with Gasteiger partial charge in [-0.2, -0.15) is 0 Å². The van der Waals surface area contributed by atoms with Gasteiger partial charge in [-0.3, -0.25) is 9.69 Å². The molecule has 4 aromatic rings. The van der Waals surface area contributed by atoms with Crippen molar-refractivity contribution >= 4 is 28.2 Å². The summed E-state index contributed by atoms with van der Waals surface area (Å²) in [5.41, 5.74) is 1.53. The molecule has 0 saturated carbocycles. The van der Waals surface area contributed by atoms with Gasteiger partial charge in [-0.05, 0) is 65.7 Å². The number of nitrogens with zero attached hydrogens (tertiary/aromatic N) is 1. The second kappa shape index (κ2) is 9.03. The molecule has 2 aromatic carbocycles. The first kappa shape index (κ1) is 22.2. The van der Waals surface area contributed by atoms with Crippen LogP contribution in [0.3, 0.4) is 0 Å². The van der Waals surface area contributed by atoms with Gasteiger partial charge in [-0.1, -0.05) is 18.2 Å². The van der Waals surface area contributed by atoms with Crippen LogP contribution in [0.25, 0.3) is 11.0 Å². The van der Waals surface area contributed by atoms with E-state index in [1.54, 1.807) is 17.4 Å². The van der Waals surface area contributed by atoms with Crippen LogP contribution in [-0.4, -0.2) is 35.8 Å². The van der Waals surface area contributed by atoms with Crippen molar-refractivity contribution < 1.29 is 23.8 Å². The number of benzene rings is 2. The fourth-order valence-electron chi connectivity index (χ4n) is 4.76. The van der Waals surface area contributed by atoms with Gasteiger partial charge in [-0.25, -0.2) is 0 Å². The third-order valence-corrected chi connectivity index (χ3v) is 7.67. The Labute approximate surface area is 206 Å². The Morgan fingerprint density at radius 1 is 1.06 bits per heavy atom. The third kappa shape index (κ3) is 4.52. The van der Waals surface area contributed by atoms with Crippen molar-refractivity contribution in [2.24, 2.45) is 0 Å². The predicted octanol–water partition coefficient (Wildman–Crippen LogP) is 4.64. The van der Waals surface area contributed by atoms with Crippen LogP contribution in [0.15, 0.2) is 64.4 Å². The molecule has 2 aromatic heterocycles. The largest absolute Gasteiger partial charge is 0.454 e. The minimum absolute atomic E-state index is 0.217. The number of hydrogen-bond acceptors (Lipinski definition) is 7. The van der Waals surface area contributed by atoms with E-state index in [2.05, 4.69) is 27.7 Å². The summed E-state index contributed by atoms with van der Waals surface area (Å²) in [5.74, 6) is 1.35. The molecule has 1 amide bonds. The molecule has 1 saturated heterocycles. The van der Waals surface area contributed by atoms with Gasteiger partial charge >= 0.3 is 0 Å². The van der Waals surface area contributed by atoms with Crippen LogP contribution in [0.4, 0.5) is 0 Å². The maximum absolute atomic E-state index is 12.7. The summed E-state index contributed by atoms with van der Waals surface area (Å²) in [5, 5.41) is 17.2. The van der Waals surface area contributed by atoms with Crippen molar-refractivity contribution in [1.82, 2.24) is 10.2 Å². The van der Waals surface area contributed by atoms with Crippen LogP contribution in [0.2, 0.25) is 0 Å². The van der Waals surface area contributed by atoms with Crippen LogP contribution in [-0.2, 0) is 18.7 Å². The maximum atomic E-state index is 12.7. The van der Waals surface area contributed by atoms with Crippen molar-refractivity contribution in [2.75, 3.05) is 19.9 Å². The molecule has 0 bridgehead atoms. The number of carbonyl (C=O) groups is 1. The summed E-state index contributed by atoms with van der Waals surface area (Å²) in [4.78, 5) is 16.5. The number of hydrogen-bond donors (Lipinski definition) is 2. The molecule has 4 heterocycles. The molecule has 35 heavy (non-hydrogen) atoms. The molecule has 0 unspecified atom stereocenters. The summed E-state index contributed by atoms with van der Waals surface area (Å²) in [6.07, 6.45) is 1.34. The van der Waals surface area contributed by atoms with E-state index in [4.69, 9.17) is 13.9 Å². The maximum Gasteiger partial charge on any atom is 0.287 e. The van der Waals surface area contributed by atoms with Gasteiger partial charge in [0, 0.05) is 36.4 Å². The second-order valence-electron chi connectivity index (χ2n) is 9.12. The molecule has 6 rings (SSSR count). The SMILES string of the molecule is O=C(NCc1ccc2c(c1)OCO2)c1cc2cc(C3(O)CCN(Cc4cccs4)CC3)ccc2o1. The average molecular weight is 491 g/mol. The number of thiophene rings is 1. The fourth-order valence-corrected chi connectivity index (χ4v) is 5.50. The van der Waals surface area contributed by atoms with Gasteiger partial charge in [0.15, 0.2) is 17.3 Å². The highest BCUT2D eigenvalue weighted by molar-refractivity contribution is 7.09. The summed E-state index contributed by atoms with van der Waals surface area (Å²) in [7, 11) is 0. The van der Waals surface area contributed by atoms with Gasteiger partial charge in [0.05, 0.1) is 5.60 Å². The number of aliphatic hydroxyl groups is 1. The number of rotatable bonds is 6. The summed E-state index contributed by atoms with van der Waals surface area (Å²) >= 11 is 1.77. The second-order valence-corrected chi connectivity index (χ2v) is 10.2. The van der Waals surface area contributed by atoms with Crippen LogP contribution in [0.1, 0.15) is 39.4 Å². The summed E-state index contributed by atoms with van der Waals surface area (Å²) in [6, 6.07) is 17.3. The normalized spacial score (nSPS) is 17.1. The van der Waals surface area contributed by atoms with E-state index in [1.807, 2.05) is 36.4 Å². The van der Waals surface area contributed by atoms with E-state index >= 15 is 0 Å². The van der Waals surface area contributed by atoms with Crippen molar-refractivity contribution in [1.29, 1.82) is 0 Å². The highest BCUT2D eigenvalue weighted by Crippen LogP contribution is 2.36. The molecular formula is C27H26N2O5S. The molecule has 2 aliphatic rings. The standard InChI is InChI=1S/C27H26N2O5S/c30-26(28-15-18-3-5-23-24(12-18)33-17-32-23)25-14-19-13-20(4-6-22(19)34-25)27(31)7-9-29(10-8-27)16-21-2-1-11-35-21/h1-6,11-14,31H,7-10,15-17H2,(H,28,30). The van der Waals surface area contributed by atoms with Gasteiger partial charge < -0.3 is 24.3 Å². The van der Waals surface area contributed by atoms with Crippen molar-refractivity contribution in [3.8, 4) is 11.5 Å². The predicted molar refractivity (Wildman–Crippen MR) is 133 cm³/mol. The zero-order chi connectivity index (χ0) is 23.8. The lowest BCUT2D eigenvalue weighted by Gasteiger charge is -2.38. The van der Waals surface area contributed by atoms with Crippen LogP contribution in [0, 0.1) is 0 Å². The Morgan fingerprint density at radius 3 is 2.74 bits per heavy atom. The molecule has 0 atom stereocenters. The Bertz CT molecular complexity index is 1360. The highest BCUT2D eigenvalue weighted by atomic mass is 32.1. The molecule has 2 aliphatic heterocycles. The first-order chi connectivity index (χ1) is 17.1. The molecule has 180 valence electrons. The van der Waals surface area contributed by atoms with Gasteiger partial charge in [0.25, 0.3) is 5.91 Å². The summed E-state index contributed by atoms with van der Waals surface area (Å²) in [6.45, 7) is 3.17. The van der Waals surface area contributed by atoms with E-state index in [0.29, 0.717) is 36.5 Å². The number of ether oxygens (including phenoxy) is 2. The van der Waals surface area contributed by atoms with E-state index in [-0.39, 0.29) is 18.5 Å². The van der Waals surface area contributed by atoms with E-state index in [1.165, 1.54) is 4.88 Å². The Kier molecular flexibility index (Phi) is 5.72. The Hall–Kier alpha value is -3.33. The minimum atomic E-state index is -0.876. The average Bonchev–Trinajstić information content (AvgIpc) is 3.64. The molecule has 0 radical (unpaired) electrons. The van der Waals surface area contributed by atoms with Crippen molar-refractivity contribution in [3.05, 3.63) is 81.7 Å². The first-order valence-corrected chi connectivity index (χ1v) is 12.6. The zero-order valence-electron chi connectivity index (χ0n) is 19.2. The summed E-state index contributed by atoms with van der Waals surface area (Å²) < 4.78 is 16.5. The monoisotopic (exact) mass is 490 g/mol. The molecular weight excluding hydrogens is 464 g/mol. The lowest BCUT2D eigenvalue weighted by Crippen LogP contribution is -2.42. The lowest BCUT2D eigenvalue weighted by molar-refractivity contribution is -0.0274. The number of nitrogens with one attached hydrogen (secondary N) is 1.